The number of halogens is 1. The second kappa shape index (κ2) is 9.81. The Balaban J connectivity index is 1.64. The number of benzene rings is 2. The lowest BCUT2D eigenvalue weighted by molar-refractivity contribution is 0.549. The van der Waals surface area contributed by atoms with Crippen molar-refractivity contribution in [1.82, 2.24) is 14.9 Å². The molecule has 1 aliphatic rings. The van der Waals surface area contributed by atoms with Gasteiger partial charge in [-0.2, -0.15) is 0 Å². The van der Waals surface area contributed by atoms with E-state index in [1.54, 1.807) is 12.3 Å². The largest absolute Gasteiger partial charge is 0.351 e. The van der Waals surface area contributed by atoms with Gasteiger partial charge >= 0.3 is 0 Å². The van der Waals surface area contributed by atoms with Gasteiger partial charge < -0.3 is 14.8 Å². The zero-order chi connectivity index (χ0) is 26.3. The number of hydrogen-bond donors (Lipinski definition) is 2. The molecule has 2 aromatic carbocycles. The van der Waals surface area contributed by atoms with Gasteiger partial charge in [0, 0.05) is 34.5 Å². The van der Waals surface area contributed by atoms with Gasteiger partial charge in [-0.25, -0.2) is 8.42 Å². The first-order valence-corrected chi connectivity index (χ1v) is 14.3. The average molecular weight is 552 g/mol. The second-order valence-corrected chi connectivity index (χ2v) is 11.6. The molecule has 2 aromatic heterocycles. The first-order chi connectivity index (χ1) is 17.6. The number of anilines is 2. The van der Waals surface area contributed by atoms with Crippen LogP contribution >= 0.6 is 23.8 Å². The zero-order valence-electron chi connectivity index (χ0n) is 20.5. The van der Waals surface area contributed by atoms with E-state index in [0.717, 1.165) is 40.1 Å². The van der Waals surface area contributed by atoms with Gasteiger partial charge in [0.2, 0.25) is 10.0 Å². The van der Waals surface area contributed by atoms with Crippen molar-refractivity contribution in [2.75, 3.05) is 15.9 Å². The lowest BCUT2D eigenvalue weighted by Gasteiger charge is -2.29. The fourth-order valence-corrected chi connectivity index (χ4v) is 5.79. The van der Waals surface area contributed by atoms with Crippen molar-refractivity contribution in [3.8, 4) is 5.69 Å². The van der Waals surface area contributed by atoms with Crippen LogP contribution in [-0.2, 0) is 10.0 Å². The van der Waals surface area contributed by atoms with E-state index in [0.29, 0.717) is 15.8 Å². The van der Waals surface area contributed by atoms with Crippen LogP contribution in [0.25, 0.3) is 5.69 Å². The lowest BCUT2D eigenvalue weighted by Crippen LogP contribution is -2.30. The molecular weight excluding hydrogens is 526 g/mol. The normalized spacial score (nSPS) is 17.6. The van der Waals surface area contributed by atoms with E-state index >= 15 is 0 Å². The van der Waals surface area contributed by atoms with Crippen LogP contribution in [0, 0.1) is 13.8 Å². The van der Waals surface area contributed by atoms with E-state index in [2.05, 4.69) is 36.6 Å². The van der Waals surface area contributed by atoms with E-state index in [-0.39, 0.29) is 12.1 Å². The minimum Gasteiger partial charge on any atom is -0.351 e. The maximum atomic E-state index is 11.8. The Morgan fingerprint density at radius 1 is 1.00 bits per heavy atom. The summed E-state index contributed by atoms with van der Waals surface area (Å²) in [5.74, 6) is 0. The summed E-state index contributed by atoms with van der Waals surface area (Å²) in [4.78, 5) is 6.70. The molecule has 1 fully saturated rings. The molecule has 2 N–H and O–H groups in total. The van der Waals surface area contributed by atoms with Crippen molar-refractivity contribution in [1.29, 1.82) is 0 Å². The van der Waals surface area contributed by atoms with Crippen LogP contribution < -0.4 is 14.9 Å². The van der Waals surface area contributed by atoms with Crippen molar-refractivity contribution >= 4 is 50.3 Å². The minimum atomic E-state index is -3.40. The summed E-state index contributed by atoms with van der Waals surface area (Å²) in [5.41, 5.74) is 6.02. The molecule has 3 heterocycles. The van der Waals surface area contributed by atoms with Crippen molar-refractivity contribution < 1.29 is 8.42 Å². The maximum Gasteiger partial charge on any atom is 0.229 e. The number of hydrogen-bond acceptors (Lipinski definition) is 4. The molecule has 0 saturated carbocycles. The second-order valence-electron chi connectivity index (χ2n) is 9.11. The summed E-state index contributed by atoms with van der Waals surface area (Å²) in [6.45, 7) is 3.85. The van der Waals surface area contributed by atoms with E-state index in [9.17, 15) is 8.42 Å². The SMILES string of the molecule is Cc1cc(-n2cccc2[C@H]2[C@@H](c3ccccn3)NC(=S)N2c2ccc(NS(C)(=O)=O)c(C)c2)ccc1Cl. The Hall–Kier alpha value is -3.40. The number of sulfonamides is 1. The molecule has 4 aromatic rings. The van der Waals surface area contributed by atoms with Crippen LogP contribution in [0.4, 0.5) is 11.4 Å². The quantitative estimate of drug-likeness (QED) is 0.300. The molecule has 0 unspecified atom stereocenters. The van der Waals surface area contributed by atoms with Crippen LogP contribution in [0.1, 0.15) is 34.6 Å². The molecule has 7 nitrogen and oxygen atoms in total. The number of nitrogens with zero attached hydrogens (tertiary/aromatic N) is 3. The van der Waals surface area contributed by atoms with Gasteiger partial charge in [-0.1, -0.05) is 17.7 Å². The molecule has 0 amide bonds. The Bertz CT molecular complexity index is 1590. The molecule has 0 radical (unpaired) electrons. The summed E-state index contributed by atoms with van der Waals surface area (Å²) >= 11 is 12.2. The van der Waals surface area contributed by atoms with E-state index in [1.165, 1.54) is 0 Å². The fourth-order valence-electron chi connectivity index (χ4n) is 4.69. The molecule has 5 rings (SSSR count). The lowest BCUT2D eigenvalue weighted by atomic mass is 10.00. The van der Waals surface area contributed by atoms with Gasteiger partial charge in [0.1, 0.15) is 6.04 Å². The number of aryl methyl sites for hydroxylation is 2. The van der Waals surface area contributed by atoms with Gasteiger partial charge in [0.05, 0.1) is 23.7 Å². The Labute approximate surface area is 227 Å². The number of nitrogens with one attached hydrogen (secondary N) is 2. The molecule has 2 atom stereocenters. The molecule has 0 bridgehead atoms. The molecular formula is C27H26ClN5O2S2. The fraction of sp³-hybridized carbons (Fsp3) is 0.185. The molecule has 1 saturated heterocycles. The first-order valence-electron chi connectivity index (χ1n) is 11.7. The number of pyridine rings is 1. The molecule has 10 heteroatoms. The topological polar surface area (TPSA) is 79.3 Å². The van der Waals surface area contributed by atoms with E-state index in [1.807, 2.05) is 68.6 Å². The molecule has 0 aliphatic carbocycles. The number of rotatable bonds is 6. The molecule has 1 aliphatic heterocycles. The number of aromatic nitrogens is 2. The highest BCUT2D eigenvalue weighted by molar-refractivity contribution is 7.92. The van der Waals surface area contributed by atoms with Crippen LogP contribution in [0.5, 0.6) is 0 Å². The van der Waals surface area contributed by atoms with E-state index < -0.39 is 10.0 Å². The third-order valence-corrected chi connectivity index (χ3v) is 7.71. The van der Waals surface area contributed by atoms with Gasteiger partial charge in [-0.05, 0) is 97.9 Å². The predicted octanol–water partition coefficient (Wildman–Crippen LogP) is 5.69. The van der Waals surface area contributed by atoms with Crippen LogP contribution in [-0.4, -0.2) is 29.3 Å². The Morgan fingerprint density at radius 2 is 1.76 bits per heavy atom. The van der Waals surface area contributed by atoms with Gasteiger partial charge in [-0.3, -0.25) is 9.71 Å². The van der Waals surface area contributed by atoms with Gasteiger partial charge in [-0.15, -0.1) is 0 Å². The van der Waals surface area contributed by atoms with Gasteiger partial charge in [0.15, 0.2) is 5.11 Å². The summed E-state index contributed by atoms with van der Waals surface area (Å²) < 4.78 is 28.3. The average Bonchev–Trinajstić information content (AvgIpc) is 3.46. The summed E-state index contributed by atoms with van der Waals surface area (Å²) in [6.07, 6.45) is 4.94. The standard InChI is InChI=1S/C27H26ClN5O2S2/c1-17-15-19(9-11-21(17)28)32-14-6-8-24(32)26-25(23-7-4-5-13-29-23)30-27(36)33(26)20-10-12-22(18(2)16-20)31-37(3,34)35/h4-16,25-26,31H,1-3H3,(H,30,36)/t25-,26+/m1/s1. The highest BCUT2D eigenvalue weighted by Crippen LogP contribution is 2.43. The monoisotopic (exact) mass is 551 g/mol. The maximum absolute atomic E-state index is 11.8. The van der Waals surface area contributed by atoms with Crippen LogP contribution in [0.3, 0.4) is 0 Å². The summed E-state index contributed by atoms with van der Waals surface area (Å²) in [6, 6.07) is 21.0. The highest BCUT2D eigenvalue weighted by Gasteiger charge is 2.42. The predicted molar refractivity (Wildman–Crippen MR) is 153 cm³/mol. The van der Waals surface area contributed by atoms with Crippen molar-refractivity contribution in [2.24, 2.45) is 0 Å². The Kier molecular flexibility index (Phi) is 6.70. The third-order valence-electron chi connectivity index (χ3n) is 6.38. The van der Waals surface area contributed by atoms with Gasteiger partial charge in [0.25, 0.3) is 0 Å². The third kappa shape index (κ3) is 5.07. The van der Waals surface area contributed by atoms with Crippen LogP contribution in [0.15, 0.2) is 79.1 Å². The highest BCUT2D eigenvalue weighted by atomic mass is 35.5. The van der Waals surface area contributed by atoms with Crippen molar-refractivity contribution in [3.05, 3.63) is 107 Å². The summed E-state index contributed by atoms with van der Waals surface area (Å²) in [5, 5.41) is 4.75. The molecule has 190 valence electrons. The molecule has 37 heavy (non-hydrogen) atoms. The number of thiocarbonyl (C=S) groups is 1. The molecule has 0 spiro atoms. The summed E-state index contributed by atoms with van der Waals surface area (Å²) in [7, 11) is -3.40. The minimum absolute atomic E-state index is 0.218. The van der Waals surface area contributed by atoms with E-state index in [4.69, 9.17) is 23.8 Å². The first kappa shape index (κ1) is 25.3. The zero-order valence-corrected chi connectivity index (χ0v) is 22.9. The van der Waals surface area contributed by atoms with Crippen molar-refractivity contribution in [3.63, 3.8) is 0 Å². The van der Waals surface area contributed by atoms with Crippen LogP contribution in [0.2, 0.25) is 5.02 Å². The smallest absolute Gasteiger partial charge is 0.229 e. The van der Waals surface area contributed by atoms with Crippen molar-refractivity contribution in [2.45, 2.75) is 25.9 Å². The Morgan fingerprint density at radius 3 is 2.43 bits per heavy atom.